The number of hydrogen-bond donors (Lipinski definition) is 0. The summed E-state index contributed by atoms with van der Waals surface area (Å²) in [5.41, 5.74) is 0. The van der Waals surface area contributed by atoms with E-state index in [0.717, 1.165) is 19.3 Å². The fourth-order valence-electron chi connectivity index (χ4n) is 1.70. The van der Waals surface area contributed by atoms with E-state index in [-0.39, 0.29) is 18.6 Å². The van der Waals surface area contributed by atoms with Gasteiger partial charge in [-0.15, -0.1) is 0 Å². The fraction of sp³-hybridized carbons (Fsp3) is 0.750. The highest BCUT2D eigenvalue weighted by atomic mass is 16.6. The van der Waals surface area contributed by atoms with Crippen LogP contribution in [0, 0.1) is 0 Å². The number of rotatable bonds is 0. The van der Waals surface area contributed by atoms with Crippen LogP contribution in [-0.4, -0.2) is 24.1 Å². The van der Waals surface area contributed by atoms with Crippen molar-refractivity contribution in [1.82, 2.24) is 0 Å². The molecule has 0 aromatic carbocycles. The summed E-state index contributed by atoms with van der Waals surface area (Å²) in [5, 5.41) is 0. The topological polar surface area (TPSA) is 52.6 Å². The first kappa shape index (κ1) is 7.58. The minimum atomic E-state index is -0.450. The molecule has 4 heteroatoms. The average molecular weight is 170 g/mol. The van der Waals surface area contributed by atoms with Gasteiger partial charge in [0.05, 0.1) is 0 Å². The molecule has 2 aliphatic rings. The molecule has 0 N–H and O–H groups in total. The molecule has 0 unspecified atom stereocenters. The minimum absolute atomic E-state index is 0.177. The van der Waals surface area contributed by atoms with E-state index in [1.54, 1.807) is 0 Å². The van der Waals surface area contributed by atoms with Gasteiger partial charge in [-0.1, -0.05) is 0 Å². The Balaban J connectivity index is 2.12. The van der Waals surface area contributed by atoms with Crippen molar-refractivity contribution in [1.29, 1.82) is 0 Å². The van der Waals surface area contributed by atoms with E-state index in [1.165, 1.54) is 0 Å². The molecular weight excluding hydrogens is 160 g/mol. The summed E-state index contributed by atoms with van der Waals surface area (Å²) < 4.78 is 10.0. The van der Waals surface area contributed by atoms with Crippen LogP contribution < -0.4 is 0 Å². The summed E-state index contributed by atoms with van der Waals surface area (Å²) in [5.74, 6) is -0.899. The molecule has 0 radical (unpaired) electrons. The maximum Gasteiger partial charge on any atom is 0.317 e. The molecule has 0 bridgehead atoms. The molecule has 0 spiro atoms. The van der Waals surface area contributed by atoms with Crippen LogP contribution >= 0.6 is 0 Å². The number of ether oxygens (including phenoxy) is 2. The summed E-state index contributed by atoms with van der Waals surface area (Å²) in [6.45, 7) is 0. The van der Waals surface area contributed by atoms with Crippen LogP contribution in [0.5, 0.6) is 0 Å². The van der Waals surface area contributed by atoms with Crippen LogP contribution in [0.3, 0.4) is 0 Å². The standard InChI is InChI=1S/C8H10O4/c9-7-4-8(10)12-6-3-1-2-5(6)11-7/h5-6H,1-4H2/t5-,6+. The lowest BCUT2D eigenvalue weighted by Crippen LogP contribution is -2.25. The highest BCUT2D eigenvalue weighted by Gasteiger charge is 2.36. The number of esters is 2. The largest absolute Gasteiger partial charge is 0.458 e. The Morgan fingerprint density at radius 1 is 1.00 bits per heavy atom. The highest BCUT2D eigenvalue weighted by molar-refractivity contribution is 5.91. The SMILES string of the molecule is O=C1CC(=O)O[C@@H]2CCC[C@@H]2O1. The summed E-state index contributed by atoms with van der Waals surface area (Å²) in [6.07, 6.45) is 2.03. The third-order valence-corrected chi connectivity index (χ3v) is 2.25. The molecule has 2 rings (SSSR count). The molecule has 0 aromatic heterocycles. The van der Waals surface area contributed by atoms with Crippen LogP contribution in [0.1, 0.15) is 25.7 Å². The zero-order chi connectivity index (χ0) is 8.55. The zero-order valence-electron chi connectivity index (χ0n) is 6.62. The van der Waals surface area contributed by atoms with Gasteiger partial charge in [-0.25, -0.2) is 0 Å². The normalized spacial score (nSPS) is 35.0. The maximum atomic E-state index is 10.9. The first-order chi connectivity index (χ1) is 5.75. The molecule has 1 saturated heterocycles. The van der Waals surface area contributed by atoms with Crippen molar-refractivity contribution in [2.24, 2.45) is 0 Å². The molecule has 12 heavy (non-hydrogen) atoms. The van der Waals surface area contributed by atoms with E-state index in [2.05, 4.69) is 0 Å². The van der Waals surface area contributed by atoms with Gasteiger partial charge in [0.25, 0.3) is 0 Å². The Morgan fingerprint density at radius 3 is 2.00 bits per heavy atom. The molecule has 2 atom stereocenters. The Labute approximate surface area is 69.8 Å². The first-order valence-electron chi connectivity index (χ1n) is 4.14. The van der Waals surface area contributed by atoms with Gasteiger partial charge < -0.3 is 9.47 Å². The highest BCUT2D eigenvalue weighted by Crippen LogP contribution is 2.27. The van der Waals surface area contributed by atoms with Gasteiger partial charge in [0.2, 0.25) is 0 Å². The summed E-state index contributed by atoms with van der Waals surface area (Å²) in [4.78, 5) is 21.8. The van der Waals surface area contributed by atoms with E-state index >= 15 is 0 Å². The molecule has 1 heterocycles. The van der Waals surface area contributed by atoms with E-state index in [9.17, 15) is 9.59 Å². The number of fused-ring (bicyclic) bond motifs is 1. The van der Waals surface area contributed by atoms with Gasteiger partial charge in [-0.2, -0.15) is 0 Å². The monoisotopic (exact) mass is 170 g/mol. The smallest absolute Gasteiger partial charge is 0.317 e. The average Bonchev–Trinajstić information content (AvgIpc) is 2.31. The molecular formula is C8H10O4. The molecule has 1 aliphatic heterocycles. The zero-order valence-corrected chi connectivity index (χ0v) is 6.62. The Morgan fingerprint density at radius 2 is 1.50 bits per heavy atom. The van der Waals surface area contributed by atoms with Crippen molar-refractivity contribution in [3.63, 3.8) is 0 Å². The van der Waals surface area contributed by atoms with E-state index in [1.807, 2.05) is 0 Å². The predicted molar refractivity (Wildman–Crippen MR) is 38.2 cm³/mol. The minimum Gasteiger partial charge on any atom is -0.458 e. The van der Waals surface area contributed by atoms with Crippen molar-refractivity contribution in [2.75, 3.05) is 0 Å². The molecule has 0 aromatic rings. The third kappa shape index (κ3) is 1.29. The van der Waals surface area contributed by atoms with Gasteiger partial charge in [0.1, 0.15) is 18.6 Å². The summed E-state index contributed by atoms with van der Waals surface area (Å²) in [7, 11) is 0. The molecule has 66 valence electrons. The quantitative estimate of drug-likeness (QED) is 0.390. The number of carbonyl (C=O) groups is 2. The molecule has 1 aliphatic carbocycles. The summed E-state index contributed by atoms with van der Waals surface area (Å²) in [6, 6.07) is 0. The molecule has 0 amide bonds. The fourth-order valence-corrected chi connectivity index (χ4v) is 1.70. The Bertz CT molecular complexity index is 201. The van der Waals surface area contributed by atoms with Crippen LogP contribution in [0.2, 0.25) is 0 Å². The van der Waals surface area contributed by atoms with Crippen LogP contribution in [-0.2, 0) is 19.1 Å². The van der Waals surface area contributed by atoms with Crippen molar-refractivity contribution in [3.8, 4) is 0 Å². The van der Waals surface area contributed by atoms with E-state index < -0.39 is 11.9 Å². The van der Waals surface area contributed by atoms with Crippen LogP contribution in [0.4, 0.5) is 0 Å². The van der Waals surface area contributed by atoms with Gasteiger partial charge in [-0.3, -0.25) is 9.59 Å². The van der Waals surface area contributed by atoms with E-state index in [4.69, 9.17) is 9.47 Å². The Hall–Kier alpha value is -1.06. The first-order valence-corrected chi connectivity index (χ1v) is 4.14. The van der Waals surface area contributed by atoms with Crippen molar-refractivity contribution < 1.29 is 19.1 Å². The van der Waals surface area contributed by atoms with Crippen LogP contribution in [0.25, 0.3) is 0 Å². The summed E-state index contributed by atoms with van der Waals surface area (Å²) >= 11 is 0. The van der Waals surface area contributed by atoms with Crippen molar-refractivity contribution in [2.45, 2.75) is 37.9 Å². The van der Waals surface area contributed by atoms with Crippen molar-refractivity contribution in [3.05, 3.63) is 0 Å². The molecule has 2 fully saturated rings. The van der Waals surface area contributed by atoms with Gasteiger partial charge in [-0.05, 0) is 19.3 Å². The number of hydrogen-bond acceptors (Lipinski definition) is 4. The molecule has 4 nitrogen and oxygen atoms in total. The van der Waals surface area contributed by atoms with Crippen LogP contribution in [0.15, 0.2) is 0 Å². The second kappa shape index (κ2) is 2.77. The maximum absolute atomic E-state index is 10.9. The van der Waals surface area contributed by atoms with Gasteiger partial charge in [0, 0.05) is 0 Å². The third-order valence-electron chi connectivity index (χ3n) is 2.25. The molecule has 1 saturated carbocycles. The van der Waals surface area contributed by atoms with Crippen molar-refractivity contribution >= 4 is 11.9 Å². The van der Waals surface area contributed by atoms with Gasteiger partial charge in [0.15, 0.2) is 0 Å². The lowest BCUT2D eigenvalue weighted by molar-refractivity contribution is -0.148. The second-order valence-corrected chi connectivity index (χ2v) is 3.16. The second-order valence-electron chi connectivity index (χ2n) is 3.16. The lowest BCUT2D eigenvalue weighted by Gasteiger charge is -2.14. The number of carbonyl (C=O) groups excluding carboxylic acids is 2. The van der Waals surface area contributed by atoms with E-state index in [0.29, 0.717) is 0 Å². The van der Waals surface area contributed by atoms with Gasteiger partial charge >= 0.3 is 11.9 Å². The Kier molecular flexibility index (Phi) is 1.75. The predicted octanol–water partition coefficient (Wildman–Crippen LogP) is 0.398. The lowest BCUT2D eigenvalue weighted by atomic mass is 10.3.